The maximum absolute atomic E-state index is 10.1. The molecule has 1 N–H and O–H groups in total. The molecule has 2 aromatic carbocycles. The van der Waals surface area contributed by atoms with E-state index in [1.807, 2.05) is 30.3 Å². The van der Waals surface area contributed by atoms with Crippen LogP contribution < -0.4 is 29.6 Å². The summed E-state index contributed by atoms with van der Waals surface area (Å²) >= 11 is 0. The Bertz CT molecular complexity index is 316. The number of aromatic carboxylic acids is 1. The first kappa shape index (κ1) is 17.1. The third-order valence-corrected chi connectivity index (χ3v) is 1.47. The molecule has 0 unspecified atom stereocenters. The van der Waals surface area contributed by atoms with E-state index in [1.54, 1.807) is 24.3 Å². The molecule has 0 aromatic heterocycles. The Hall–Kier alpha value is -0.311. The van der Waals surface area contributed by atoms with Crippen LogP contribution in [0.4, 0.5) is 0 Å². The molecule has 15 heavy (non-hydrogen) atoms. The Morgan fingerprint density at radius 1 is 1.07 bits per heavy atom. The number of hydrogen-bond donors (Lipinski definition) is 1. The summed E-state index contributed by atoms with van der Waals surface area (Å²) in [4.78, 5) is 10.1. The molecule has 0 bridgehead atoms. The van der Waals surface area contributed by atoms with Gasteiger partial charge in [-0.2, -0.15) is 12.1 Å². The van der Waals surface area contributed by atoms with Gasteiger partial charge in [0.2, 0.25) is 0 Å². The largest absolute Gasteiger partial charge is 1.00 e. The van der Waals surface area contributed by atoms with Crippen LogP contribution in [0.1, 0.15) is 11.8 Å². The van der Waals surface area contributed by atoms with E-state index in [4.69, 9.17) is 5.11 Å². The summed E-state index contributed by atoms with van der Waals surface area (Å²) in [5, 5.41) is 8.27. The average molecular weight is 254 g/mol. The van der Waals surface area contributed by atoms with Gasteiger partial charge in [0.25, 0.3) is 5.97 Å². The van der Waals surface area contributed by atoms with E-state index in [9.17, 15) is 4.79 Å². The molecule has 2 rings (SSSR count). The minimum absolute atomic E-state index is 0. The minimum atomic E-state index is -0.866. The molecule has 0 heterocycles. The van der Waals surface area contributed by atoms with Crippen molar-refractivity contribution < 1.29 is 58.0 Å². The fraction of sp³-hybridized carbons (Fsp3) is 0. The molecule has 0 aliphatic carbocycles. The van der Waals surface area contributed by atoms with Gasteiger partial charge in [0.1, 0.15) is 0 Å². The molecule has 4 heteroatoms. The molecule has 82 valence electrons. The van der Waals surface area contributed by atoms with Crippen LogP contribution in [0.15, 0.2) is 54.6 Å². The number of hydrogen-bond acceptors (Lipinski definition) is 1. The number of carboxylic acids is 1. The quantitative estimate of drug-likeness (QED) is 0.556. The Kier molecular flexibility index (Phi) is 11.6. The monoisotopic (exact) mass is 254 g/mol. The SMILES string of the molecule is O=C(O)[c-]1cccc1.[Fe].[H-].[Na+].[cH-]1[cH-][cH-][cH-][cH-]1. The maximum Gasteiger partial charge on any atom is 1.00 e. The molecule has 0 fully saturated rings. The molecule has 0 amide bonds. The second-order valence-electron chi connectivity index (χ2n) is 2.44. The van der Waals surface area contributed by atoms with Gasteiger partial charge in [-0.1, -0.05) is 5.56 Å². The van der Waals surface area contributed by atoms with E-state index < -0.39 is 5.97 Å². The first-order valence-electron chi connectivity index (χ1n) is 3.92. The molecule has 0 atom stereocenters. The van der Waals surface area contributed by atoms with Gasteiger partial charge < -0.3 is 36.9 Å². The van der Waals surface area contributed by atoms with Crippen molar-refractivity contribution >= 4 is 5.97 Å². The molecule has 0 radical (unpaired) electrons. The van der Waals surface area contributed by atoms with E-state index in [2.05, 4.69) is 0 Å². The van der Waals surface area contributed by atoms with Crippen molar-refractivity contribution in [3.63, 3.8) is 0 Å². The summed E-state index contributed by atoms with van der Waals surface area (Å²) < 4.78 is 0. The van der Waals surface area contributed by atoms with Crippen LogP contribution in [0, 0.1) is 0 Å². The summed E-state index contributed by atoms with van der Waals surface area (Å²) in [6, 6.07) is 16.5. The van der Waals surface area contributed by atoms with Crippen molar-refractivity contribution in [3.05, 3.63) is 60.2 Å². The van der Waals surface area contributed by atoms with Gasteiger partial charge in [-0.3, -0.25) is 4.79 Å². The number of carbonyl (C=O) groups is 1. The molecule has 2 aromatic rings. The summed E-state index contributed by atoms with van der Waals surface area (Å²) in [6.45, 7) is 0. The van der Waals surface area contributed by atoms with Gasteiger partial charge in [0, 0.05) is 17.1 Å². The first-order chi connectivity index (χ1) is 6.30. The second-order valence-corrected chi connectivity index (χ2v) is 2.44. The molecule has 0 spiro atoms. The van der Waals surface area contributed by atoms with Crippen molar-refractivity contribution in [2.24, 2.45) is 0 Å². The van der Waals surface area contributed by atoms with Crippen molar-refractivity contribution in [2.75, 3.05) is 0 Å². The summed E-state index contributed by atoms with van der Waals surface area (Å²) in [6.07, 6.45) is 0. The van der Waals surface area contributed by atoms with Crippen LogP contribution in [-0.2, 0) is 17.1 Å². The fourth-order valence-corrected chi connectivity index (χ4v) is 0.837. The van der Waals surface area contributed by atoms with Gasteiger partial charge in [0.15, 0.2) is 0 Å². The molecule has 0 aliphatic rings. The van der Waals surface area contributed by atoms with E-state index in [-0.39, 0.29) is 48.1 Å². The predicted octanol–water partition coefficient (Wildman–Crippen LogP) is -0.377. The summed E-state index contributed by atoms with van der Waals surface area (Å²) in [5.74, 6) is -0.866. The summed E-state index contributed by atoms with van der Waals surface area (Å²) in [5.41, 5.74) is 0.352. The van der Waals surface area contributed by atoms with Crippen LogP contribution in [0.25, 0.3) is 0 Å². The van der Waals surface area contributed by atoms with Crippen molar-refractivity contribution in [1.82, 2.24) is 0 Å². The van der Waals surface area contributed by atoms with Crippen LogP contribution in [0.5, 0.6) is 0 Å². The Morgan fingerprint density at radius 2 is 1.40 bits per heavy atom. The third-order valence-electron chi connectivity index (χ3n) is 1.47. The molecule has 0 saturated carbocycles. The van der Waals surface area contributed by atoms with Crippen LogP contribution >= 0.6 is 0 Å². The first-order valence-corrected chi connectivity index (χ1v) is 3.92. The van der Waals surface area contributed by atoms with Crippen LogP contribution in [-0.4, -0.2) is 11.1 Å². The van der Waals surface area contributed by atoms with Crippen molar-refractivity contribution in [2.45, 2.75) is 0 Å². The van der Waals surface area contributed by atoms with E-state index in [0.717, 1.165) is 0 Å². The zero-order valence-electron chi connectivity index (χ0n) is 9.41. The Labute approximate surface area is 123 Å². The molecule has 0 saturated heterocycles. The van der Waals surface area contributed by atoms with Gasteiger partial charge in [-0.05, 0) is 0 Å². The maximum atomic E-state index is 10.1. The van der Waals surface area contributed by atoms with E-state index in [0.29, 0.717) is 5.56 Å². The van der Waals surface area contributed by atoms with E-state index >= 15 is 0 Å². The smallest absolute Gasteiger partial charge is 1.00 e. The van der Waals surface area contributed by atoms with Crippen molar-refractivity contribution in [1.29, 1.82) is 0 Å². The normalized spacial score (nSPS) is 7.47. The number of carboxylic acid groups (broad SMARTS) is 1. The minimum Gasteiger partial charge on any atom is -1.00 e. The zero-order chi connectivity index (χ0) is 9.52. The Balaban J connectivity index is -0.000000189. The Morgan fingerprint density at radius 3 is 1.60 bits per heavy atom. The molecular formula is C11H11FeNaO2-6. The van der Waals surface area contributed by atoms with Crippen LogP contribution in [0.3, 0.4) is 0 Å². The van der Waals surface area contributed by atoms with Gasteiger partial charge in [0.05, 0.1) is 0 Å². The van der Waals surface area contributed by atoms with Gasteiger partial charge in [-0.25, -0.2) is 12.1 Å². The second kappa shape index (κ2) is 10.2. The number of rotatable bonds is 1. The predicted molar refractivity (Wildman–Crippen MR) is 52.1 cm³/mol. The third kappa shape index (κ3) is 7.60. The fourth-order valence-electron chi connectivity index (χ4n) is 0.837. The average Bonchev–Trinajstić information content (AvgIpc) is 2.82. The van der Waals surface area contributed by atoms with Crippen molar-refractivity contribution in [3.8, 4) is 0 Å². The topological polar surface area (TPSA) is 37.3 Å². The molecular weight excluding hydrogens is 243 g/mol. The zero-order valence-corrected chi connectivity index (χ0v) is 11.5. The summed E-state index contributed by atoms with van der Waals surface area (Å²) in [7, 11) is 0. The molecule has 0 aliphatic heterocycles. The standard InChI is InChI=1S/C6H5O2.C5H5.Fe.Na.H/c7-6(8)5-3-1-2-4-5;1-2-4-5-3-1;;;/h1-4H,(H,7,8);1-5H;;;/q-1;-5;;+1;-1. The van der Waals surface area contributed by atoms with Crippen LogP contribution in [0.2, 0.25) is 0 Å². The van der Waals surface area contributed by atoms with E-state index in [1.165, 1.54) is 0 Å². The van der Waals surface area contributed by atoms with Gasteiger partial charge >= 0.3 is 29.6 Å². The van der Waals surface area contributed by atoms with Gasteiger partial charge in [-0.15, -0.1) is 0 Å². The molecule has 2 nitrogen and oxygen atoms in total.